The van der Waals surface area contributed by atoms with E-state index in [0.29, 0.717) is 0 Å². The minimum atomic E-state index is -3.56. The number of anilines is 1. The van der Waals surface area contributed by atoms with E-state index in [0.717, 1.165) is 31.9 Å². The van der Waals surface area contributed by atoms with Crippen LogP contribution in [0.3, 0.4) is 0 Å². The minimum absolute atomic E-state index is 0.0151. The van der Waals surface area contributed by atoms with Gasteiger partial charge < -0.3 is 24.9 Å². The third kappa shape index (κ3) is 3.68. The number of nitrogens with zero attached hydrogens (tertiary/aromatic N) is 2. The second kappa shape index (κ2) is 7.29. The number of aliphatic imine (C=N–C) groups is 1. The van der Waals surface area contributed by atoms with E-state index in [1.54, 1.807) is 0 Å². The predicted octanol–water partition coefficient (Wildman–Crippen LogP) is 2.67. The number of aromatic nitrogens is 1. The standard InChI is InChI=1S/C19H17F3N4O5/c1-18(19(21,22)7-29-16(23)26-18)11-6-10(4-5-12(11)20)24-15(28)13-14(9-2-3-9)31-17(25-13)30-8-27/h4-6,8-9H,2-3,7H2,1H3,(H2,23,26)(H,24,28). The molecule has 2 aliphatic rings. The fraction of sp³-hybridized carbons (Fsp3) is 0.368. The lowest BCUT2D eigenvalue weighted by molar-refractivity contribution is -0.122. The maximum Gasteiger partial charge on any atom is 0.402 e. The third-order valence-corrected chi connectivity index (χ3v) is 5.14. The number of alkyl halides is 2. The van der Waals surface area contributed by atoms with Gasteiger partial charge in [-0.3, -0.25) is 9.59 Å². The Morgan fingerprint density at radius 3 is 2.81 bits per heavy atom. The lowest BCUT2D eigenvalue weighted by Gasteiger charge is -2.37. The number of halogens is 3. The molecule has 2 aromatic rings. The van der Waals surface area contributed by atoms with Crippen molar-refractivity contribution in [1.29, 1.82) is 0 Å². The van der Waals surface area contributed by atoms with E-state index in [4.69, 9.17) is 10.2 Å². The highest BCUT2D eigenvalue weighted by Crippen LogP contribution is 2.45. The average Bonchev–Trinajstić information content (AvgIpc) is 3.47. The van der Waals surface area contributed by atoms with Crippen LogP contribution in [0.4, 0.5) is 18.9 Å². The second-order valence-electron chi connectivity index (χ2n) is 7.35. The fourth-order valence-electron chi connectivity index (χ4n) is 3.25. The lowest BCUT2D eigenvalue weighted by Crippen LogP contribution is -2.51. The first kappa shape index (κ1) is 20.7. The Kier molecular flexibility index (Phi) is 4.86. The molecule has 0 bridgehead atoms. The van der Waals surface area contributed by atoms with Gasteiger partial charge in [-0.2, -0.15) is 13.8 Å². The SMILES string of the molecule is CC1(c2cc(NC(=O)c3nc(OC=O)oc3C3CC3)ccc2F)N=C(N)OCC1(F)F. The maximum absolute atomic E-state index is 14.6. The Labute approximate surface area is 173 Å². The Hall–Kier alpha value is -3.57. The molecule has 1 unspecified atom stereocenters. The van der Waals surface area contributed by atoms with Gasteiger partial charge in [0.1, 0.15) is 11.6 Å². The van der Waals surface area contributed by atoms with Crippen LogP contribution in [-0.2, 0) is 15.1 Å². The zero-order valence-electron chi connectivity index (χ0n) is 16.2. The molecule has 9 nitrogen and oxygen atoms in total. The van der Waals surface area contributed by atoms with Crippen molar-refractivity contribution in [2.75, 3.05) is 11.9 Å². The van der Waals surface area contributed by atoms with Crippen LogP contribution in [0.15, 0.2) is 27.6 Å². The van der Waals surface area contributed by atoms with Crippen LogP contribution in [0.25, 0.3) is 0 Å². The molecular weight excluding hydrogens is 421 g/mol. The van der Waals surface area contributed by atoms with E-state index < -0.39 is 41.4 Å². The fourth-order valence-corrected chi connectivity index (χ4v) is 3.25. The van der Waals surface area contributed by atoms with E-state index in [2.05, 4.69) is 24.8 Å². The molecule has 1 amide bonds. The highest BCUT2D eigenvalue weighted by Gasteiger charge is 2.56. The number of nitrogens with two attached hydrogens (primary N) is 1. The predicted molar refractivity (Wildman–Crippen MR) is 99.4 cm³/mol. The van der Waals surface area contributed by atoms with Gasteiger partial charge in [0.05, 0.1) is 0 Å². The molecule has 1 atom stereocenters. The minimum Gasteiger partial charge on any atom is -0.459 e. The zero-order chi connectivity index (χ0) is 22.4. The molecule has 0 radical (unpaired) electrons. The van der Waals surface area contributed by atoms with E-state index in [1.807, 2.05) is 0 Å². The summed E-state index contributed by atoms with van der Waals surface area (Å²) in [6, 6.07) is 2.67. The number of ether oxygens (including phenoxy) is 2. The van der Waals surface area contributed by atoms with Gasteiger partial charge in [0.25, 0.3) is 11.9 Å². The molecule has 1 aliphatic carbocycles. The normalized spacial score (nSPS) is 22.3. The van der Waals surface area contributed by atoms with Crippen molar-refractivity contribution in [2.45, 2.75) is 37.1 Å². The summed E-state index contributed by atoms with van der Waals surface area (Å²) in [6.45, 7) is 0.0632. The molecule has 0 saturated heterocycles. The number of nitrogens with one attached hydrogen (secondary N) is 1. The van der Waals surface area contributed by atoms with Crippen LogP contribution in [-0.4, -0.2) is 35.9 Å². The van der Waals surface area contributed by atoms with Crippen LogP contribution < -0.4 is 15.8 Å². The monoisotopic (exact) mass is 438 g/mol. The molecule has 1 aromatic heterocycles. The number of oxazole rings is 1. The average molecular weight is 438 g/mol. The van der Waals surface area contributed by atoms with Gasteiger partial charge in [0.15, 0.2) is 17.8 Å². The van der Waals surface area contributed by atoms with Crippen molar-refractivity contribution in [3.05, 3.63) is 41.0 Å². The number of hydrogen-bond acceptors (Lipinski definition) is 8. The van der Waals surface area contributed by atoms with Crippen molar-refractivity contribution < 1.29 is 36.7 Å². The number of amides is 1. The van der Waals surface area contributed by atoms with Crippen LogP contribution in [0.5, 0.6) is 6.08 Å². The molecule has 12 heteroatoms. The molecule has 2 heterocycles. The summed E-state index contributed by atoms with van der Waals surface area (Å²) in [4.78, 5) is 30.7. The summed E-state index contributed by atoms with van der Waals surface area (Å²) in [5.41, 5.74) is 2.51. The van der Waals surface area contributed by atoms with Crippen molar-refractivity contribution in [1.82, 2.24) is 4.98 Å². The molecule has 3 N–H and O–H groups in total. The zero-order valence-corrected chi connectivity index (χ0v) is 16.2. The van der Waals surface area contributed by atoms with E-state index in [-0.39, 0.29) is 35.6 Å². The molecule has 1 saturated carbocycles. The molecule has 31 heavy (non-hydrogen) atoms. The molecule has 1 aromatic carbocycles. The van der Waals surface area contributed by atoms with Gasteiger partial charge in [-0.15, -0.1) is 0 Å². The first-order valence-corrected chi connectivity index (χ1v) is 9.23. The molecule has 1 fully saturated rings. The molecule has 1 aliphatic heterocycles. The first-order valence-electron chi connectivity index (χ1n) is 9.23. The van der Waals surface area contributed by atoms with Crippen LogP contribution in [0, 0.1) is 5.82 Å². The second-order valence-corrected chi connectivity index (χ2v) is 7.35. The van der Waals surface area contributed by atoms with Crippen LogP contribution in [0.1, 0.15) is 47.5 Å². The quantitative estimate of drug-likeness (QED) is 0.664. The molecular formula is C19H17F3N4O5. The number of carbonyl (C=O) groups is 2. The lowest BCUT2D eigenvalue weighted by atomic mass is 9.85. The van der Waals surface area contributed by atoms with Gasteiger partial charge >= 0.3 is 18.5 Å². The molecule has 4 rings (SSSR count). The van der Waals surface area contributed by atoms with Crippen LogP contribution >= 0.6 is 0 Å². The topological polar surface area (TPSA) is 129 Å². The maximum atomic E-state index is 14.6. The number of hydrogen-bond donors (Lipinski definition) is 2. The largest absolute Gasteiger partial charge is 0.459 e. The summed E-state index contributed by atoms with van der Waals surface area (Å²) in [5.74, 6) is -5.06. The highest BCUT2D eigenvalue weighted by atomic mass is 19.3. The Bertz CT molecular complexity index is 1080. The van der Waals surface area contributed by atoms with E-state index in [1.165, 1.54) is 6.07 Å². The third-order valence-electron chi connectivity index (χ3n) is 5.14. The van der Waals surface area contributed by atoms with Gasteiger partial charge in [-0.1, -0.05) is 0 Å². The summed E-state index contributed by atoms with van der Waals surface area (Å²) < 4.78 is 58.1. The van der Waals surface area contributed by atoms with Crippen molar-refractivity contribution >= 4 is 24.1 Å². The van der Waals surface area contributed by atoms with Crippen molar-refractivity contribution in [3.63, 3.8) is 0 Å². The highest BCUT2D eigenvalue weighted by molar-refractivity contribution is 6.03. The Morgan fingerprint density at radius 2 is 2.13 bits per heavy atom. The Balaban J connectivity index is 1.66. The van der Waals surface area contributed by atoms with E-state index in [9.17, 15) is 22.8 Å². The smallest absolute Gasteiger partial charge is 0.402 e. The van der Waals surface area contributed by atoms with Gasteiger partial charge in [-0.05, 0) is 38.0 Å². The number of rotatable bonds is 6. The number of amidine groups is 1. The van der Waals surface area contributed by atoms with E-state index >= 15 is 0 Å². The van der Waals surface area contributed by atoms with Gasteiger partial charge in [-0.25, -0.2) is 9.38 Å². The van der Waals surface area contributed by atoms with Gasteiger partial charge in [0.2, 0.25) is 0 Å². The summed E-state index contributed by atoms with van der Waals surface area (Å²) >= 11 is 0. The van der Waals surface area contributed by atoms with Crippen LogP contribution in [0.2, 0.25) is 0 Å². The molecule has 164 valence electrons. The van der Waals surface area contributed by atoms with Gasteiger partial charge in [0, 0.05) is 17.2 Å². The summed E-state index contributed by atoms with van der Waals surface area (Å²) in [6.07, 6.45) is 1.15. The summed E-state index contributed by atoms with van der Waals surface area (Å²) in [5, 5.41) is 2.47. The van der Waals surface area contributed by atoms with Crippen molar-refractivity contribution in [2.24, 2.45) is 10.7 Å². The Morgan fingerprint density at radius 1 is 1.39 bits per heavy atom. The first-order chi connectivity index (χ1) is 14.6. The number of benzene rings is 1. The molecule has 0 spiro atoms. The summed E-state index contributed by atoms with van der Waals surface area (Å²) in [7, 11) is 0. The number of carbonyl (C=O) groups excluding carboxylic acids is 2. The van der Waals surface area contributed by atoms with Crippen molar-refractivity contribution in [3.8, 4) is 6.08 Å².